The largest absolute Gasteiger partial charge is 0.573 e. The van der Waals surface area contributed by atoms with E-state index in [2.05, 4.69) is 30.0 Å². The molecule has 0 saturated heterocycles. The molecule has 184 valence electrons. The highest BCUT2D eigenvalue weighted by Gasteiger charge is 2.31. The molecule has 2 N–H and O–H groups in total. The van der Waals surface area contributed by atoms with Crippen LogP contribution in [0.2, 0.25) is 0 Å². The SMILES string of the molecule is O=C(N[C@@H]1CCCC[C@H]1O)c1cnc(OCc2cnccn2)c(-c2ccc(OC(F)(F)F)cc2)n1. The predicted octanol–water partition coefficient (Wildman–Crippen LogP) is 3.44. The van der Waals surface area contributed by atoms with Crippen LogP contribution >= 0.6 is 0 Å². The number of aliphatic hydroxyl groups is 1. The summed E-state index contributed by atoms with van der Waals surface area (Å²) in [4.78, 5) is 29.5. The highest BCUT2D eigenvalue weighted by molar-refractivity contribution is 5.93. The van der Waals surface area contributed by atoms with Crippen LogP contribution in [0, 0.1) is 0 Å². The Labute approximate surface area is 198 Å². The Bertz CT molecular complexity index is 1150. The molecule has 0 unspecified atom stereocenters. The van der Waals surface area contributed by atoms with Gasteiger partial charge in [-0.25, -0.2) is 9.97 Å². The number of halogens is 3. The van der Waals surface area contributed by atoms with E-state index in [0.29, 0.717) is 24.1 Å². The third-order valence-electron chi connectivity index (χ3n) is 5.35. The van der Waals surface area contributed by atoms with Gasteiger partial charge in [-0.15, -0.1) is 13.2 Å². The highest BCUT2D eigenvalue weighted by Crippen LogP contribution is 2.30. The first-order chi connectivity index (χ1) is 16.8. The second kappa shape index (κ2) is 10.6. The third-order valence-corrected chi connectivity index (χ3v) is 5.35. The number of rotatable bonds is 7. The number of hydrogen-bond donors (Lipinski definition) is 2. The van der Waals surface area contributed by atoms with E-state index in [1.54, 1.807) is 0 Å². The molecule has 4 rings (SSSR count). The Kier molecular flexibility index (Phi) is 7.39. The minimum Gasteiger partial charge on any atom is -0.470 e. The minimum atomic E-state index is -4.83. The first kappa shape index (κ1) is 24.3. The number of amides is 1. The quantitative estimate of drug-likeness (QED) is 0.518. The highest BCUT2D eigenvalue weighted by atomic mass is 19.4. The van der Waals surface area contributed by atoms with Crippen molar-refractivity contribution >= 4 is 5.91 Å². The lowest BCUT2D eigenvalue weighted by Gasteiger charge is -2.28. The van der Waals surface area contributed by atoms with Gasteiger partial charge in [0.2, 0.25) is 5.88 Å². The molecule has 1 amide bonds. The van der Waals surface area contributed by atoms with E-state index in [0.717, 1.165) is 25.0 Å². The Morgan fingerprint density at radius 2 is 1.86 bits per heavy atom. The fraction of sp³-hybridized carbons (Fsp3) is 0.348. The lowest BCUT2D eigenvalue weighted by Crippen LogP contribution is -2.45. The molecule has 0 bridgehead atoms. The molecule has 1 aliphatic carbocycles. The molecule has 35 heavy (non-hydrogen) atoms. The average Bonchev–Trinajstić information content (AvgIpc) is 2.84. The summed E-state index contributed by atoms with van der Waals surface area (Å²) in [6.07, 6.45) is 3.31. The van der Waals surface area contributed by atoms with E-state index >= 15 is 0 Å². The predicted molar refractivity (Wildman–Crippen MR) is 116 cm³/mol. The van der Waals surface area contributed by atoms with Crippen LogP contribution in [0.5, 0.6) is 11.6 Å². The van der Waals surface area contributed by atoms with E-state index in [1.165, 1.54) is 36.9 Å². The van der Waals surface area contributed by atoms with Gasteiger partial charge in [-0.2, -0.15) is 0 Å². The summed E-state index contributed by atoms with van der Waals surface area (Å²) >= 11 is 0. The van der Waals surface area contributed by atoms with E-state index in [-0.39, 0.29) is 23.9 Å². The van der Waals surface area contributed by atoms with Crippen LogP contribution in [0.4, 0.5) is 13.2 Å². The van der Waals surface area contributed by atoms with Gasteiger partial charge in [0.05, 0.1) is 30.2 Å². The van der Waals surface area contributed by atoms with Crippen LogP contribution in [0.3, 0.4) is 0 Å². The van der Waals surface area contributed by atoms with Crippen molar-refractivity contribution in [1.29, 1.82) is 0 Å². The first-order valence-electron chi connectivity index (χ1n) is 10.9. The number of nitrogens with one attached hydrogen (secondary N) is 1. The lowest BCUT2D eigenvalue weighted by molar-refractivity contribution is -0.274. The van der Waals surface area contributed by atoms with Crippen molar-refractivity contribution in [1.82, 2.24) is 25.3 Å². The van der Waals surface area contributed by atoms with Crippen molar-refractivity contribution in [2.24, 2.45) is 0 Å². The normalized spacial score (nSPS) is 18.1. The van der Waals surface area contributed by atoms with Gasteiger partial charge in [-0.1, -0.05) is 12.8 Å². The van der Waals surface area contributed by atoms with E-state index < -0.39 is 30.2 Å². The number of alkyl halides is 3. The van der Waals surface area contributed by atoms with Crippen LogP contribution in [-0.2, 0) is 6.61 Å². The molecule has 1 fully saturated rings. The summed E-state index contributed by atoms with van der Waals surface area (Å²) in [6.45, 7) is 0.00456. The van der Waals surface area contributed by atoms with Gasteiger partial charge in [0.15, 0.2) is 0 Å². The maximum atomic E-state index is 12.8. The van der Waals surface area contributed by atoms with Gasteiger partial charge >= 0.3 is 6.36 Å². The molecule has 0 spiro atoms. The molecule has 2 atom stereocenters. The Hall–Kier alpha value is -3.80. The number of carbonyl (C=O) groups is 1. The van der Waals surface area contributed by atoms with Gasteiger partial charge in [0.1, 0.15) is 23.7 Å². The number of ether oxygens (including phenoxy) is 2. The van der Waals surface area contributed by atoms with Crippen LogP contribution in [0.15, 0.2) is 49.1 Å². The molecule has 9 nitrogen and oxygen atoms in total. The molecule has 3 aromatic rings. The molecular formula is C23H22F3N5O4. The van der Waals surface area contributed by atoms with E-state index in [1.807, 2.05) is 0 Å². The Balaban J connectivity index is 1.60. The maximum Gasteiger partial charge on any atom is 0.573 e. The number of nitrogens with zero attached hydrogens (tertiary/aromatic N) is 4. The topological polar surface area (TPSA) is 119 Å². The average molecular weight is 489 g/mol. The van der Waals surface area contributed by atoms with Gasteiger partial charge < -0.3 is 19.9 Å². The molecule has 1 saturated carbocycles. The third kappa shape index (κ3) is 6.63. The number of hydrogen-bond acceptors (Lipinski definition) is 8. The standard InChI is InChI=1S/C23H22F3N5O4/c24-23(25,26)35-16-7-5-14(6-8-16)20-22(34-13-15-11-27-9-10-28-15)29-12-18(30-20)21(33)31-17-3-1-2-4-19(17)32/h5-12,17,19,32H,1-4,13H2,(H,31,33)/t17-,19-/m1/s1. The van der Waals surface area contributed by atoms with Gasteiger partial charge in [-0.3, -0.25) is 14.8 Å². The molecule has 0 radical (unpaired) electrons. The van der Waals surface area contributed by atoms with Gasteiger partial charge in [0.25, 0.3) is 5.91 Å². The zero-order chi connectivity index (χ0) is 24.8. The van der Waals surface area contributed by atoms with Crippen molar-refractivity contribution in [2.75, 3.05) is 0 Å². The summed E-state index contributed by atoms with van der Waals surface area (Å²) < 4.78 is 47.2. The van der Waals surface area contributed by atoms with Crippen LogP contribution in [0.25, 0.3) is 11.3 Å². The maximum absolute atomic E-state index is 12.8. The summed E-state index contributed by atoms with van der Waals surface area (Å²) in [5, 5.41) is 12.9. The van der Waals surface area contributed by atoms with Crippen molar-refractivity contribution in [3.8, 4) is 22.9 Å². The fourth-order valence-electron chi connectivity index (χ4n) is 3.66. The summed E-state index contributed by atoms with van der Waals surface area (Å²) in [5.74, 6) is -0.881. The number of benzene rings is 1. The summed E-state index contributed by atoms with van der Waals surface area (Å²) in [6, 6.07) is 4.57. The minimum absolute atomic E-state index is 0.00456. The second-order valence-electron chi connectivity index (χ2n) is 7.90. The van der Waals surface area contributed by atoms with Gasteiger partial charge in [0, 0.05) is 18.0 Å². The molecule has 1 aliphatic rings. The molecule has 0 aliphatic heterocycles. The van der Waals surface area contributed by atoms with Crippen molar-refractivity contribution in [3.63, 3.8) is 0 Å². The molecule has 1 aromatic carbocycles. The number of aliphatic hydroxyl groups excluding tert-OH is 1. The molecule has 2 heterocycles. The zero-order valence-corrected chi connectivity index (χ0v) is 18.4. The second-order valence-corrected chi connectivity index (χ2v) is 7.90. The molecular weight excluding hydrogens is 467 g/mol. The summed E-state index contributed by atoms with van der Waals surface area (Å²) in [5.41, 5.74) is 0.986. The smallest absolute Gasteiger partial charge is 0.470 e. The Morgan fingerprint density at radius 3 is 2.54 bits per heavy atom. The zero-order valence-electron chi connectivity index (χ0n) is 18.4. The van der Waals surface area contributed by atoms with Crippen LogP contribution in [-0.4, -0.2) is 49.5 Å². The Morgan fingerprint density at radius 1 is 1.09 bits per heavy atom. The first-order valence-corrected chi connectivity index (χ1v) is 10.9. The van der Waals surface area contributed by atoms with Crippen molar-refractivity contribution < 1.29 is 32.5 Å². The van der Waals surface area contributed by atoms with Crippen molar-refractivity contribution in [3.05, 3.63) is 60.4 Å². The molecule has 12 heteroatoms. The van der Waals surface area contributed by atoms with E-state index in [9.17, 15) is 23.1 Å². The van der Waals surface area contributed by atoms with Crippen LogP contribution in [0.1, 0.15) is 41.9 Å². The van der Waals surface area contributed by atoms with E-state index in [4.69, 9.17) is 4.74 Å². The van der Waals surface area contributed by atoms with Crippen molar-refractivity contribution in [2.45, 2.75) is 50.8 Å². The number of carbonyl (C=O) groups excluding carboxylic acids is 1. The molecule has 2 aromatic heterocycles. The van der Waals surface area contributed by atoms with Crippen LogP contribution < -0.4 is 14.8 Å². The monoisotopic (exact) mass is 489 g/mol. The van der Waals surface area contributed by atoms with Gasteiger partial charge in [-0.05, 0) is 37.1 Å². The summed E-state index contributed by atoms with van der Waals surface area (Å²) in [7, 11) is 0. The fourth-order valence-corrected chi connectivity index (χ4v) is 3.66. The lowest BCUT2D eigenvalue weighted by atomic mass is 9.92. The number of aromatic nitrogens is 4.